The highest BCUT2D eigenvalue weighted by Gasteiger charge is 2.37. The minimum atomic E-state index is -0.779. The fourth-order valence-corrected chi connectivity index (χ4v) is 3.92. The number of aryl methyl sites for hydroxylation is 1. The van der Waals surface area contributed by atoms with Crippen LogP contribution in [0.1, 0.15) is 16.7 Å². The number of barbiturate groups is 1. The maximum absolute atomic E-state index is 13.1. The third kappa shape index (κ3) is 5.16. The Morgan fingerprint density at radius 2 is 1.70 bits per heavy atom. The first-order valence-electron chi connectivity index (χ1n) is 9.97. The number of nitrogens with one attached hydrogen (secondary N) is 1. The van der Waals surface area contributed by atoms with Crippen molar-refractivity contribution in [2.45, 2.75) is 13.5 Å². The number of imide groups is 2. The molecule has 3 aromatic carbocycles. The average Bonchev–Trinajstić information content (AvgIpc) is 2.78. The van der Waals surface area contributed by atoms with Crippen molar-refractivity contribution in [1.82, 2.24) is 5.32 Å². The highest BCUT2D eigenvalue weighted by molar-refractivity contribution is 9.10. The molecule has 6 nitrogen and oxygen atoms in total. The van der Waals surface area contributed by atoms with Crippen LogP contribution in [-0.2, 0) is 16.2 Å². The average molecular weight is 526 g/mol. The topological polar surface area (TPSA) is 75.7 Å². The lowest BCUT2D eigenvalue weighted by Gasteiger charge is -2.27. The van der Waals surface area contributed by atoms with Gasteiger partial charge in [-0.2, -0.15) is 0 Å². The Labute approximate surface area is 203 Å². The number of carbonyl (C=O) groups is 3. The summed E-state index contributed by atoms with van der Waals surface area (Å²) in [6.07, 6.45) is 1.45. The van der Waals surface area contributed by atoms with Gasteiger partial charge in [0.25, 0.3) is 11.8 Å². The molecular formula is C25H18BrClN2O4. The Kier molecular flexibility index (Phi) is 6.62. The van der Waals surface area contributed by atoms with Gasteiger partial charge in [0.1, 0.15) is 17.9 Å². The van der Waals surface area contributed by atoms with E-state index in [4.69, 9.17) is 16.3 Å². The third-order valence-electron chi connectivity index (χ3n) is 5.01. The second-order valence-corrected chi connectivity index (χ2v) is 8.72. The summed E-state index contributed by atoms with van der Waals surface area (Å²) >= 11 is 9.25. The van der Waals surface area contributed by atoms with E-state index in [0.29, 0.717) is 34.2 Å². The van der Waals surface area contributed by atoms with Crippen LogP contribution in [0, 0.1) is 6.92 Å². The van der Waals surface area contributed by atoms with Crippen LogP contribution in [-0.4, -0.2) is 17.8 Å². The maximum Gasteiger partial charge on any atom is 0.335 e. The Bertz CT molecular complexity index is 1270. The first-order chi connectivity index (χ1) is 15.8. The van der Waals surface area contributed by atoms with Crippen molar-refractivity contribution >= 4 is 57.1 Å². The molecule has 1 fully saturated rings. The molecular weight excluding hydrogens is 508 g/mol. The van der Waals surface area contributed by atoms with Crippen LogP contribution in [0.15, 0.2) is 76.8 Å². The third-order valence-corrected chi connectivity index (χ3v) is 5.76. The fraction of sp³-hybridized carbons (Fsp3) is 0.0800. The van der Waals surface area contributed by atoms with Crippen LogP contribution >= 0.6 is 27.5 Å². The van der Waals surface area contributed by atoms with Crippen molar-refractivity contribution in [2.24, 2.45) is 0 Å². The summed E-state index contributed by atoms with van der Waals surface area (Å²) in [4.78, 5) is 38.8. The molecule has 1 N–H and O–H groups in total. The van der Waals surface area contributed by atoms with Crippen LogP contribution < -0.4 is 15.0 Å². The molecule has 33 heavy (non-hydrogen) atoms. The Hall–Kier alpha value is -3.42. The van der Waals surface area contributed by atoms with Gasteiger partial charge in [-0.25, -0.2) is 9.69 Å². The largest absolute Gasteiger partial charge is 0.489 e. The molecule has 0 spiro atoms. The molecule has 1 heterocycles. The van der Waals surface area contributed by atoms with E-state index in [-0.39, 0.29) is 5.57 Å². The zero-order chi connectivity index (χ0) is 23.5. The number of anilines is 1. The van der Waals surface area contributed by atoms with Gasteiger partial charge in [-0.1, -0.05) is 51.8 Å². The molecule has 4 rings (SSSR count). The molecule has 8 heteroatoms. The molecule has 0 atom stereocenters. The molecule has 1 aliphatic rings. The van der Waals surface area contributed by atoms with Gasteiger partial charge in [0.05, 0.1) is 5.69 Å². The van der Waals surface area contributed by atoms with Crippen LogP contribution in [0.25, 0.3) is 6.08 Å². The normalized spacial score (nSPS) is 15.1. The molecule has 3 aromatic rings. The molecule has 4 amide bonds. The van der Waals surface area contributed by atoms with Crippen molar-refractivity contribution in [3.63, 3.8) is 0 Å². The summed E-state index contributed by atoms with van der Waals surface area (Å²) < 4.78 is 6.58. The predicted octanol–water partition coefficient (Wildman–Crippen LogP) is 5.66. The molecule has 0 saturated carbocycles. The Morgan fingerprint density at radius 1 is 1.00 bits per heavy atom. The summed E-state index contributed by atoms with van der Waals surface area (Å²) in [6, 6.07) is 18.7. The minimum Gasteiger partial charge on any atom is -0.489 e. The SMILES string of the molecule is Cc1cc(Br)ccc1N1C(=O)NC(=O)/C(=C/c2ccc(OCc3ccc(Cl)cc3)cc2)C1=O. The summed E-state index contributed by atoms with van der Waals surface area (Å²) in [6.45, 7) is 2.16. The first-order valence-corrected chi connectivity index (χ1v) is 11.1. The second-order valence-electron chi connectivity index (χ2n) is 7.37. The van der Waals surface area contributed by atoms with E-state index in [0.717, 1.165) is 14.9 Å². The van der Waals surface area contributed by atoms with Crippen LogP contribution in [0.3, 0.4) is 0 Å². The van der Waals surface area contributed by atoms with E-state index >= 15 is 0 Å². The zero-order valence-electron chi connectivity index (χ0n) is 17.5. The van der Waals surface area contributed by atoms with Crippen molar-refractivity contribution in [1.29, 1.82) is 0 Å². The monoisotopic (exact) mass is 524 g/mol. The number of rotatable bonds is 5. The van der Waals surface area contributed by atoms with Gasteiger partial charge in [0.15, 0.2) is 0 Å². The van der Waals surface area contributed by atoms with E-state index in [9.17, 15) is 14.4 Å². The lowest BCUT2D eigenvalue weighted by molar-refractivity contribution is -0.122. The molecule has 1 aliphatic heterocycles. The summed E-state index contributed by atoms with van der Waals surface area (Å²) in [5, 5.41) is 2.90. The zero-order valence-corrected chi connectivity index (χ0v) is 19.8. The molecule has 1 saturated heterocycles. The van der Waals surface area contributed by atoms with Gasteiger partial charge in [0, 0.05) is 9.50 Å². The molecule has 0 radical (unpaired) electrons. The van der Waals surface area contributed by atoms with E-state index in [2.05, 4.69) is 21.2 Å². The Morgan fingerprint density at radius 3 is 2.36 bits per heavy atom. The summed E-state index contributed by atoms with van der Waals surface area (Å²) in [7, 11) is 0. The number of ether oxygens (including phenoxy) is 1. The maximum atomic E-state index is 13.1. The van der Waals surface area contributed by atoms with Gasteiger partial charge in [0.2, 0.25) is 0 Å². The second kappa shape index (κ2) is 9.60. The van der Waals surface area contributed by atoms with Gasteiger partial charge in [-0.05, 0) is 72.2 Å². The standard InChI is InChI=1S/C25H18BrClN2O4/c1-15-12-18(26)6-11-22(15)29-24(31)21(23(30)28-25(29)32)13-16-4-9-20(10-5-16)33-14-17-2-7-19(27)8-3-17/h2-13H,14H2,1H3,(H,28,30,32)/b21-13-. The lowest BCUT2D eigenvalue weighted by Crippen LogP contribution is -2.54. The van der Waals surface area contributed by atoms with Crippen molar-refractivity contribution in [3.8, 4) is 5.75 Å². The predicted molar refractivity (Wildman–Crippen MR) is 130 cm³/mol. The van der Waals surface area contributed by atoms with Gasteiger partial charge in [-0.15, -0.1) is 0 Å². The number of hydrogen-bond acceptors (Lipinski definition) is 4. The number of amides is 4. The van der Waals surface area contributed by atoms with Gasteiger partial charge in [-0.3, -0.25) is 14.9 Å². The number of urea groups is 1. The van der Waals surface area contributed by atoms with E-state index in [1.165, 1.54) is 6.08 Å². The fourth-order valence-electron chi connectivity index (χ4n) is 3.32. The summed E-state index contributed by atoms with van der Waals surface area (Å²) in [5.41, 5.74) is 2.58. The van der Waals surface area contributed by atoms with Crippen molar-refractivity contribution in [2.75, 3.05) is 4.90 Å². The van der Waals surface area contributed by atoms with Crippen molar-refractivity contribution in [3.05, 3.63) is 98.5 Å². The van der Waals surface area contributed by atoms with Gasteiger partial charge >= 0.3 is 6.03 Å². The van der Waals surface area contributed by atoms with E-state index in [1.54, 1.807) is 61.5 Å². The molecule has 0 aromatic heterocycles. The number of benzene rings is 3. The van der Waals surface area contributed by atoms with Gasteiger partial charge < -0.3 is 4.74 Å². The van der Waals surface area contributed by atoms with Crippen LogP contribution in [0.4, 0.5) is 10.5 Å². The minimum absolute atomic E-state index is 0.133. The summed E-state index contributed by atoms with van der Waals surface area (Å²) in [5.74, 6) is -0.787. The molecule has 0 aliphatic carbocycles. The molecule has 166 valence electrons. The van der Waals surface area contributed by atoms with Crippen LogP contribution in [0.2, 0.25) is 5.02 Å². The van der Waals surface area contributed by atoms with Crippen molar-refractivity contribution < 1.29 is 19.1 Å². The number of carbonyl (C=O) groups excluding carboxylic acids is 3. The van der Waals surface area contributed by atoms with E-state index in [1.807, 2.05) is 12.1 Å². The quantitative estimate of drug-likeness (QED) is 0.345. The first kappa shape index (κ1) is 22.8. The number of hydrogen-bond donors (Lipinski definition) is 1. The number of nitrogens with zero attached hydrogens (tertiary/aromatic N) is 1. The highest BCUT2D eigenvalue weighted by atomic mass is 79.9. The molecule has 0 bridgehead atoms. The lowest BCUT2D eigenvalue weighted by atomic mass is 10.1. The Balaban J connectivity index is 1.53. The highest BCUT2D eigenvalue weighted by Crippen LogP contribution is 2.28. The van der Waals surface area contributed by atoms with Crippen LogP contribution in [0.5, 0.6) is 5.75 Å². The number of halogens is 2. The molecule has 0 unspecified atom stereocenters. The van der Waals surface area contributed by atoms with E-state index < -0.39 is 17.8 Å². The smallest absolute Gasteiger partial charge is 0.335 e.